The Balaban J connectivity index is 2.53. The Kier molecular flexibility index (Phi) is 7.31. The minimum absolute atomic E-state index is 0.140. The number of halogens is 2. The first-order valence-corrected chi connectivity index (χ1v) is 7.10. The molecule has 1 atom stereocenters. The predicted molar refractivity (Wildman–Crippen MR) is 78.6 cm³/mol. The van der Waals surface area contributed by atoms with Crippen LogP contribution in [-0.2, 0) is 6.42 Å². The fourth-order valence-corrected chi connectivity index (χ4v) is 2.19. The molecule has 0 saturated carbocycles. The maximum absolute atomic E-state index is 13.4. The van der Waals surface area contributed by atoms with Crippen molar-refractivity contribution in [3.05, 3.63) is 34.6 Å². The highest BCUT2D eigenvalue weighted by molar-refractivity contribution is 6.30. The monoisotopic (exact) mass is 287 g/mol. The van der Waals surface area contributed by atoms with Crippen molar-refractivity contribution in [1.82, 2.24) is 10.3 Å². The molecule has 0 aromatic heterocycles. The lowest BCUT2D eigenvalue weighted by atomic mass is 10.0. The highest BCUT2D eigenvalue weighted by Gasteiger charge is 2.11. The van der Waals surface area contributed by atoms with E-state index in [1.165, 1.54) is 6.07 Å². The van der Waals surface area contributed by atoms with E-state index in [2.05, 4.69) is 24.2 Å². The second kappa shape index (κ2) is 8.48. The molecule has 108 valence electrons. The molecule has 19 heavy (non-hydrogen) atoms. The van der Waals surface area contributed by atoms with Crippen molar-refractivity contribution in [2.75, 3.05) is 19.6 Å². The number of rotatable bonds is 8. The first-order valence-electron chi connectivity index (χ1n) is 6.73. The summed E-state index contributed by atoms with van der Waals surface area (Å²) in [6.07, 6.45) is 1.63. The molecule has 0 amide bonds. The van der Waals surface area contributed by atoms with Crippen LogP contribution in [0.2, 0.25) is 5.02 Å². The van der Waals surface area contributed by atoms with Crippen LogP contribution in [0.3, 0.4) is 0 Å². The summed E-state index contributed by atoms with van der Waals surface area (Å²) in [6, 6.07) is 5.04. The summed E-state index contributed by atoms with van der Waals surface area (Å²) in [7, 11) is 0. The van der Waals surface area contributed by atoms with Gasteiger partial charge in [0.1, 0.15) is 5.82 Å². The van der Waals surface area contributed by atoms with Crippen LogP contribution >= 0.6 is 11.6 Å². The van der Waals surface area contributed by atoms with Gasteiger partial charge in [-0.3, -0.25) is 11.3 Å². The Morgan fingerprint density at radius 3 is 2.58 bits per heavy atom. The lowest BCUT2D eigenvalue weighted by molar-refractivity contribution is 0.280. The Morgan fingerprint density at radius 1 is 1.37 bits per heavy atom. The maximum Gasteiger partial charge on any atom is 0.142 e. The Hall–Kier alpha value is -0.680. The molecule has 3 nitrogen and oxygen atoms in total. The lowest BCUT2D eigenvalue weighted by Gasteiger charge is -2.22. The fourth-order valence-electron chi connectivity index (χ4n) is 2.07. The Morgan fingerprint density at radius 2 is 2.05 bits per heavy atom. The molecule has 1 unspecified atom stereocenters. The van der Waals surface area contributed by atoms with Gasteiger partial charge in [-0.25, -0.2) is 4.39 Å². The third-order valence-electron chi connectivity index (χ3n) is 3.39. The molecule has 0 fully saturated rings. The second-order valence-electron chi connectivity index (χ2n) is 4.63. The summed E-state index contributed by atoms with van der Waals surface area (Å²) in [4.78, 5) is 2.34. The van der Waals surface area contributed by atoms with Gasteiger partial charge in [0.25, 0.3) is 0 Å². The Labute approximate surface area is 119 Å². The van der Waals surface area contributed by atoms with Crippen LogP contribution < -0.4 is 11.3 Å². The molecule has 1 aromatic carbocycles. The summed E-state index contributed by atoms with van der Waals surface area (Å²) in [5.41, 5.74) is 3.71. The van der Waals surface area contributed by atoms with E-state index in [-0.39, 0.29) is 16.9 Å². The van der Waals surface area contributed by atoms with Crippen LogP contribution in [0.15, 0.2) is 18.2 Å². The first-order chi connectivity index (χ1) is 9.10. The maximum atomic E-state index is 13.4. The summed E-state index contributed by atoms with van der Waals surface area (Å²) in [5, 5.41) is 0.157. The highest BCUT2D eigenvalue weighted by atomic mass is 35.5. The van der Waals surface area contributed by atoms with Crippen molar-refractivity contribution in [1.29, 1.82) is 0 Å². The van der Waals surface area contributed by atoms with Crippen LogP contribution in [-0.4, -0.2) is 30.6 Å². The van der Waals surface area contributed by atoms with Crippen LogP contribution in [0.1, 0.15) is 25.8 Å². The van der Waals surface area contributed by atoms with Crippen LogP contribution in [0.5, 0.6) is 0 Å². The smallest absolute Gasteiger partial charge is 0.142 e. The molecule has 0 aliphatic heterocycles. The van der Waals surface area contributed by atoms with E-state index >= 15 is 0 Å². The molecule has 0 bridgehead atoms. The average molecular weight is 288 g/mol. The minimum Gasteiger partial charge on any atom is -0.304 e. The van der Waals surface area contributed by atoms with Crippen molar-refractivity contribution >= 4 is 11.6 Å². The van der Waals surface area contributed by atoms with E-state index in [4.69, 9.17) is 17.4 Å². The summed E-state index contributed by atoms with van der Waals surface area (Å²) < 4.78 is 13.4. The molecular weight excluding hydrogens is 265 g/mol. The number of nitrogens with zero attached hydrogens (tertiary/aromatic N) is 1. The van der Waals surface area contributed by atoms with E-state index in [0.717, 1.165) is 31.6 Å². The largest absolute Gasteiger partial charge is 0.304 e. The zero-order valence-corrected chi connectivity index (χ0v) is 12.4. The van der Waals surface area contributed by atoms with Gasteiger partial charge < -0.3 is 4.90 Å². The van der Waals surface area contributed by atoms with Crippen molar-refractivity contribution < 1.29 is 4.39 Å². The van der Waals surface area contributed by atoms with Gasteiger partial charge in [0, 0.05) is 6.04 Å². The number of nitrogens with two attached hydrogens (primary N) is 1. The number of nitrogens with one attached hydrogen (secondary N) is 1. The topological polar surface area (TPSA) is 41.3 Å². The van der Waals surface area contributed by atoms with E-state index in [1.807, 2.05) is 6.07 Å². The molecule has 3 N–H and O–H groups in total. The summed E-state index contributed by atoms with van der Waals surface area (Å²) in [6.45, 7) is 7.33. The molecule has 1 aromatic rings. The zero-order valence-electron chi connectivity index (χ0n) is 11.6. The van der Waals surface area contributed by atoms with Gasteiger partial charge in [-0.1, -0.05) is 31.5 Å². The number of hydrazine groups is 1. The molecule has 0 spiro atoms. The summed E-state index contributed by atoms with van der Waals surface area (Å²) >= 11 is 5.67. The highest BCUT2D eigenvalue weighted by Crippen LogP contribution is 2.17. The molecule has 0 radical (unpaired) electrons. The van der Waals surface area contributed by atoms with Crippen molar-refractivity contribution in [2.45, 2.75) is 32.7 Å². The lowest BCUT2D eigenvalue weighted by Crippen LogP contribution is -2.39. The summed E-state index contributed by atoms with van der Waals surface area (Å²) in [5.74, 6) is 5.19. The van der Waals surface area contributed by atoms with Crippen LogP contribution in [0.4, 0.5) is 4.39 Å². The SMILES string of the molecule is CCN(CC)CCC(Cc1ccc(Cl)c(F)c1)NN. The van der Waals surface area contributed by atoms with Crippen molar-refractivity contribution in [2.24, 2.45) is 5.84 Å². The van der Waals surface area contributed by atoms with E-state index in [9.17, 15) is 4.39 Å². The molecular formula is C14H23ClFN3. The third kappa shape index (κ3) is 5.45. The quantitative estimate of drug-likeness (QED) is 0.570. The van der Waals surface area contributed by atoms with E-state index in [0.29, 0.717) is 6.42 Å². The number of hydrogen-bond acceptors (Lipinski definition) is 3. The van der Waals surface area contributed by atoms with Crippen molar-refractivity contribution in [3.8, 4) is 0 Å². The third-order valence-corrected chi connectivity index (χ3v) is 3.70. The standard InChI is InChI=1S/C14H23ClFN3/c1-3-19(4-2)8-7-12(18-17)9-11-5-6-13(15)14(16)10-11/h5-6,10,12,18H,3-4,7-9,17H2,1-2H3. The normalized spacial score (nSPS) is 12.9. The van der Waals surface area contributed by atoms with Crippen LogP contribution in [0.25, 0.3) is 0 Å². The Bertz CT molecular complexity index is 383. The molecule has 0 aliphatic rings. The van der Waals surface area contributed by atoms with Gasteiger partial charge >= 0.3 is 0 Å². The van der Waals surface area contributed by atoms with Crippen LogP contribution in [0, 0.1) is 5.82 Å². The average Bonchev–Trinajstić information content (AvgIpc) is 2.42. The van der Waals surface area contributed by atoms with Gasteiger partial charge in [0.15, 0.2) is 0 Å². The number of hydrogen-bond donors (Lipinski definition) is 2. The van der Waals surface area contributed by atoms with Gasteiger partial charge in [-0.2, -0.15) is 0 Å². The van der Waals surface area contributed by atoms with E-state index in [1.54, 1.807) is 6.07 Å². The molecule has 0 saturated heterocycles. The predicted octanol–water partition coefficient (Wildman–Crippen LogP) is 2.59. The van der Waals surface area contributed by atoms with Gasteiger partial charge in [0.2, 0.25) is 0 Å². The second-order valence-corrected chi connectivity index (χ2v) is 5.04. The fraction of sp³-hybridized carbons (Fsp3) is 0.571. The van der Waals surface area contributed by atoms with E-state index < -0.39 is 0 Å². The number of benzene rings is 1. The molecule has 5 heteroatoms. The van der Waals surface area contributed by atoms with Gasteiger partial charge in [-0.05, 0) is 50.2 Å². The van der Waals surface area contributed by atoms with Gasteiger partial charge in [0.05, 0.1) is 5.02 Å². The molecule has 1 rings (SSSR count). The minimum atomic E-state index is -0.376. The van der Waals surface area contributed by atoms with Crippen molar-refractivity contribution in [3.63, 3.8) is 0 Å². The molecule has 0 heterocycles. The zero-order chi connectivity index (χ0) is 14.3. The first kappa shape index (κ1) is 16.4. The molecule has 0 aliphatic carbocycles. The van der Waals surface area contributed by atoms with Gasteiger partial charge in [-0.15, -0.1) is 0 Å².